The van der Waals surface area contributed by atoms with Crippen LogP contribution < -0.4 is 10.6 Å². The Bertz CT molecular complexity index is 946. The quantitative estimate of drug-likeness (QED) is 0.190. The molecule has 0 saturated heterocycles. The molecule has 1 aromatic rings. The summed E-state index contributed by atoms with van der Waals surface area (Å²) in [5.41, 5.74) is 1.47. The summed E-state index contributed by atoms with van der Waals surface area (Å²) in [6.45, 7) is 14.5. The van der Waals surface area contributed by atoms with Crippen LogP contribution in [0.15, 0.2) is 46.2 Å². The van der Waals surface area contributed by atoms with E-state index in [0.29, 0.717) is 22.1 Å². The topological polar surface area (TPSA) is 118 Å². The maximum Gasteiger partial charge on any atom is 0.412 e. The molecule has 2 N–H and O–H groups in total. The van der Waals surface area contributed by atoms with Crippen molar-refractivity contribution in [2.75, 3.05) is 11.6 Å². The Morgan fingerprint density at radius 2 is 2.00 bits per heavy atom. The van der Waals surface area contributed by atoms with Gasteiger partial charge in [0.15, 0.2) is 5.17 Å². The van der Waals surface area contributed by atoms with Crippen LogP contribution >= 0.6 is 11.8 Å². The number of allylic oxidation sites excluding steroid dienone is 1. The number of aryl methyl sites for hydroxylation is 1. The van der Waals surface area contributed by atoms with Crippen LogP contribution in [-0.2, 0) is 4.74 Å². The standard InChI is InChI=1S/C21H29N5O4S/c1-9-22-12-14(3)15(4)23-19(31-8)24-16-11-18(26(28)29)17(10-13(16)2)25-20(27)30-21(5,6)7/h9-12H,4H2,1-3,5-8H3,(H,23,24)(H,25,27)/b14-12+,22-9?. The number of aliphatic imine (C=N–C) groups is 2. The van der Waals surface area contributed by atoms with Crippen molar-refractivity contribution in [1.82, 2.24) is 5.32 Å². The highest BCUT2D eigenvalue weighted by Crippen LogP contribution is 2.33. The number of amides is 1. The minimum absolute atomic E-state index is 0.0370. The average molecular weight is 448 g/mol. The lowest BCUT2D eigenvalue weighted by Gasteiger charge is -2.19. The minimum Gasteiger partial charge on any atom is -0.444 e. The smallest absolute Gasteiger partial charge is 0.412 e. The van der Waals surface area contributed by atoms with Crippen LogP contribution in [-0.4, -0.2) is 34.3 Å². The second-order valence-corrected chi connectivity index (χ2v) is 8.28. The van der Waals surface area contributed by atoms with E-state index in [-0.39, 0.29) is 11.4 Å². The number of nitro groups is 1. The number of carbonyl (C=O) groups is 1. The molecule has 31 heavy (non-hydrogen) atoms. The van der Waals surface area contributed by atoms with Crippen molar-refractivity contribution in [3.8, 4) is 0 Å². The highest BCUT2D eigenvalue weighted by Gasteiger charge is 2.22. The largest absolute Gasteiger partial charge is 0.444 e. The van der Waals surface area contributed by atoms with Crippen LogP contribution in [0.2, 0.25) is 0 Å². The van der Waals surface area contributed by atoms with Gasteiger partial charge in [0, 0.05) is 24.2 Å². The van der Waals surface area contributed by atoms with E-state index in [4.69, 9.17) is 4.74 Å². The maximum absolute atomic E-state index is 12.1. The molecular weight excluding hydrogens is 418 g/mol. The monoisotopic (exact) mass is 447 g/mol. The number of amidine groups is 1. The number of hydrogen-bond acceptors (Lipinski definition) is 7. The summed E-state index contributed by atoms with van der Waals surface area (Å²) < 4.78 is 5.18. The van der Waals surface area contributed by atoms with E-state index >= 15 is 0 Å². The Kier molecular flexibility index (Phi) is 9.44. The van der Waals surface area contributed by atoms with Crippen LogP contribution in [0.4, 0.5) is 21.9 Å². The van der Waals surface area contributed by atoms with Gasteiger partial charge in [0.05, 0.1) is 10.6 Å². The molecule has 1 amide bonds. The SMILES string of the molecule is C=C(NC(=Nc1cc([N+](=O)[O-])c(NC(=O)OC(C)(C)C)cc1C)SC)/C(C)=C/N=CC. The molecule has 0 atom stereocenters. The lowest BCUT2D eigenvalue weighted by molar-refractivity contribution is -0.383. The third-order valence-corrected chi connectivity index (χ3v) is 4.29. The van der Waals surface area contributed by atoms with Crippen LogP contribution in [0.1, 0.15) is 40.2 Å². The van der Waals surface area contributed by atoms with Gasteiger partial charge < -0.3 is 10.1 Å². The fourth-order valence-corrected chi connectivity index (χ4v) is 2.61. The molecule has 0 spiro atoms. The Morgan fingerprint density at radius 3 is 2.52 bits per heavy atom. The minimum atomic E-state index is -0.772. The number of hydrogen-bond donors (Lipinski definition) is 2. The highest BCUT2D eigenvalue weighted by atomic mass is 32.2. The van der Waals surface area contributed by atoms with Crippen molar-refractivity contribution in [1.29, 1.82) is 0 Å². The molecule has 0 aliphatic carbocycles. The molecular formula is C21H29N5O4S. The number of benzene rings is 1. The summed E-state index contributed by atoms with van der Waals surface area (Å²) in [6.07, 6.45) is 4.38. The normalized spacial score (nSPS) is 12.6. The van der Waals surface area contributed by atoms with Gasteiger partial charge in [0.1, 0.15) is 11.3 Å². The fourth-order valence-electron chi connectivity index (χ4n) is 2.20. The highest BCUT2D eigenvalue weighted by molar-refractivity contribution is 8.13. The molecule has 0 bridgehead atoms. The van der Waals surface area contributed by atoms with E-state index in [0.717, 1.165) is 5.57 Å². The van der Waals surface area contributed by atoms with E-state index in [9.17, 15) is 14.9 Å². The zero-order valence-electron chi connectivity index (χ0n) is 18.9. The van der Waals surface area contributed by atoms with Crippen LogP contribution in [0.25, 0.3) is 0 Å². The van der Waals surface area contributed by atoms with Crippen molar-refractivity contribution < 1.29 is 14.5 Å². The number of anilines is 1. The summed E-state index contributed by atoms with van der Waals surface area (Å²) in [5.74, 6) is 0. The number of ether oxygens (including phenoxy) is 1. The molecule has 1 aromatic carbocycles. The Hall–Kier alpha value is -3.14. The predicted molar refractivity (Wildman–Crippen MR) is 128 cm³/mol. The molecule has 0 radical (unpaired) electrons. The maximum atomic E-state index is 12.1. The summed E-state index contributed by atoms with van der Waals surface area (Å²) >= 11 is 1.33. The molecule has 0 heterocycles. The van der Waals surface area contributed by atoms with Gasteiger partial charge in [0.25, 0.3) is 5.69 Å². The third kappa shape index (κ3) is 8.63. The van der Waals surface area contributed by atoms with E-state index in [2.05, 4.69) is 27.2 Å². The second-order valence-electron chi connectivity index (χ2n) is 7.48. The Labute approximate surface area is 186 Å². The second kappa shape index (κ2) is 11.3. The van der Waals surface area contributed by atoms with Gasteiger partial charge in [-0.3, -0.25) is 20.4 Å². The van der Waals surface area contributed by atoms with Crippen molar-refractivity contribution >= 4 is 46.3 Å². The summed E-state index contributed by atoms with van der Waals surface area (Å²) in [7, 11) is 0. The lowest BCUT2D eigenvalue weighted by atomic mass is 10.1. The average Bonchev–Trinajstić information content (AvgIpc) is 2.65. The summed E-state index contributed by atoms with van der Waals surface area (Å²) in [6, 6.07) is 2.81. The molecule has 168 valence electrons. The number of nitro benzene ring substituents is 1. The van der Waals surface area contributed by atoms with Crippen molar-refractivity contribution in [2.24, 2.45) is 9.98 Å². The van der Waals surface area contributed by atoms with Gasteiger partial charge in [-0.1, -0.05) is 18.3 Å². The van der Waals surface area contributed by atoms with E-state index in [1.54, 1.807) is 40.1 Å². The van der Waals surface area contributed by atoms with Gasteiger partial charge >= 0.3 is 6.09 Å². The molecule has 9 nitrogen and oxygen atoms in total. The van der Waals surface area contributed by atoms with Crippen molar-refractivity contribution in [2.45, 2.75) is 47.1 Å². The zero-order chi connectivity index (χ0) is 23.8. The molecule has 0 aliphatic heterocycles. The Balaban J connectivity index is 3.25. The third-order valence-electron chi connectivity index (χ3n) is 3.71. The first kappa shape index (κ1) is 25.9. The van der Waals surface area contributed by atoms with Gasteiger partial charge in [-0.05, 0) is 65.0 Å². The van der Waals surface area contributed by atoms with E-state index in [1.165, 1.54) is 23.9 Å². The molecule has 10 heteroatoms. The molecule has 0 fully saturated rings. The van der Waals surface area contributed by atoms with Crippen LogP contribution in [0.5, 0.6) is 0 Å². The number of carbonyl (C=O) groups excluding carboxylic acids is 1. The molecule has 0 saturated carbocycles. The summed E-state index contributed by atoms with van der Waals surface area (Å²) in [4.78, 5) is 31.6. The number of rotatable bonds is 6. The van der Waals surface area contributed by atoms with Gasteiger partial charge in [-0.15, -0.1) is 0 Å². The number of nitrogens with one attached hydrogen (secondary N) is 2. The lowest BCUT2D eigenvalue weighted by Crippen LogP contribution is -2.27. The number of thioether (sulfide) groups is 1. The first-order valence-electron chi connectivity index (χ1n) is 9.40. The van der Waals surface area contributed by atoms with E-state index in [1.807, 2.05) is 20.1 Å². The van der Waals surface area contributed by atoms with Gasteiger partial charge in [0.2, 0.25) is 0 Å². The van der Waals surface area contributed by atoms with Crippen LogP contribution in [0, 0.1) is 17.0 Å². The van der Waals surface area contributed by atoms with Crippen LogP contribution in [0.3, 0.4) is 0 Å². The van der Waals surface area contributed by atoms with Gasteiger partial charge in [-0.25, -0.2) is 9.79 Å². The van der Waals surface area contributed by atoms with Crippen molar-refractivity contribution in [3.63, 3.8) is 0 Å². The molecule has 1 rings (SSSR count). The fraction of sp³-hybridized carbons (Fsp3) is 0.381. The first-order valence-corrected chi connectivity index (χ1v) is 10.6. The van der Waals surface area contributed by atoms with Gasteiger partial charge in [-0.2, -0.15) is 0 Å². The summed E-state index contributed by atoms with van der Waals surface area (Å²) in [5, 5.41) is 17.6. The zero-order valence-corrected chi connectivity index (χ0v) is 19.7. The van der Waals surface area contributed by atoms with E-state index < -0.39 is 16.6 Å². The number of nitrogens with zero attached hydrogens (tertiary/aromatic N) is 3. The molecule has 0 unspecified atom stereocenters. The first-order chi connectivity index (χ1) is 14.4. The Morgan fingerprint density at radius 1 is 1.35 bits per heavy atom. The van der Waals surface area contributed by atoms with Crippen molar-refractivity contribution in [3.05, 3.63) is 51.9 Å². The predicted octanol–water partition coefficient (Wildman–Crippen LogP) is 5.70. The molecule has 0 aromatic heterocycles. The molecule has 0 aliphatic rings.